The molecule has 0 aliphatic heterocycles. The van der Waals surface area contributed by atoms with E-state index in [2.05, 4.69) is 20.3 Å². The summed E-state index contributed by atoms with van der Waals surface area (Å²) in [5.41, 5.74) is 2.74. The van der Waals surface area contributed by atoms with Crippen LogP contribution >= 0.6 is 11.6 Å². The Kier molecular flexibility index (Phi) is 3.63. The van der Waals surface area contributed by atoms with Crippen LogP contribution in [-0.4, -0.2) is 15.0 Å². The molecule has 2 aromatic carbocycles. The van der Waals surface area contributed by atoms with Crippen molar-refractivity contribution in [2.24, 2.45) is 0 Å². The van der Waals surface area contributed by atoms with Crippen LogP contribution in [0.1, 0.15) is 0 Å². The number of H-pyrrole nitrogens is 1. The second kappa shape index (κ2) is 5.94. The minimum Gasteiger partial charge on any atom is -0.358 e. The second-order valence-corrected chi connectivity index (χ2v) is 5.71. The first kappa shape index (κ1) is 14.7. The Balaban J connectivity index is 1.76. The molecule has 0 fully saturated rings. The average molecular weight is 339 g/mol. The summed E-state index contributed by atoms with van der Waals surface area (Å²) in [7, 11) is 0. The molecule has 0 amide bonds. The van der Waals surface area contributed by atoms with E-state index in [0.717, 1.165) is 11.3 Å². The summed E-state index contributed by atoms with van der Waals surface area (Å²) >= 11 is 5.98. The molecule has 4 nitrogen and oxygen atoms in total. The number of hydrogen-bond donors (Lipinski definition) is 2. The van der Waals surface area contributed by atoms with Gasteiger partial charge in [0.05, 0.1) is 11.2 Å². The highest BCUT2D eigenvalue weighted by Gasteiger charge is 2.12. The summed E-state index contributed by atoms with van der Waals surface area (Å²) in [6.45, 7) is 0. The van der Waals surface area contributed by atoms with Crippen LogP contribution in [0.15, 0.2) is 60.9 Å². The fourth-order valence-electron chi connectivity index (χ4n) is 2.59. The molecule has 4 aromatic rings. The van der Waals surface area contributed by atoms with Crippen LogP contribution in [0.5, 0.6) is 0 Å². The molecule has 2 N–H and O–H groups in total. The Labute approximate surface area is 142 Å². The van der Waals surface area contributed by atoms with Crippen molar-refractivity contribution in [2.45, 2.75) is 0 Å². The Morgan fingerprint density at radius 3 is 2.75 bits per heavy atom. The molecular weight excluding hydrogens is 327 g/mol. The summed E-state index contributed by atoms with van der Waals surface area (Å²) in [5.74, 6) is 0.0796. The van der Waals surface area contributed by atoms with Crippen LogP contribution in [0.2, 0.25) is 5.02 Å². The summed E-state index contributed by atoms with van der Waals surface area (Å²) in [4.78, 5) is 11.7. The first-order chi connectivity index (χ1) is 11.7. The minimum atomic E-state index is -0.388. The molecular formula is C18H12ClFN4. The summed E-state index contributed by atoms with van der Waals surface area (Å²) < 4.78 is 14.0. The zero-order chi connectivity index (χ0) is 16.5. The third kappa shape index (κ3) is 2.70. The van der Waals surface area contributed by atoms with E-state index in [0.29, 0.717) is 27.6 Å². The molecule has 24 heavy (non-hydrogen) atoms. The van der Waals surface area contributed by atoms with Crippen molar-refractivity contribution in [3.05, 3.63) is 71.8 Å². The normalized spacial score (nSPS) is 10.9. The highest BCUT2D eigenvalue weighted by Crippen LogP contribution is 2.31. The Bertz CT molecular complexity index is 1010. The predicted octanol–water partition coefficient (Wildman–Crippen LogP) is 5.16. The van der Waals surface area contributed by atoms with Gasteiger partial charge in [-0.2, -0.15) is 0 Å². The van der Waals surface area contributed by atoms with Gasteiger partial charge in [-0.3, -0.25) is 0 Å². The lowest BCUT2D eigenvalue weighted by Gasteiger charge is -2.06. The third-order valence-electron chi connectivity index (χ3n) is 3.67. The van der Waals surface area contributed by atoms with E-state index in [1.807, 2.05) is 30.3 Å². The maximum atomic E-state index is 14.0. The molecule has 0 saturated heterocycles. The molecule has 0 saturated carbocycles. The number of aromatic nitrogens is 3. The molecule has 4 rings (SSSR count). The monoisotopic (exact) mass is 338 g/mol. The molecule has 2 aromatic heterocycles. The lowest BCUT2D eigenvalue weighted by atomic mass is 10.1. The van der Waals surface area contributed by atoms with E-state index in [4.69, 9.17) is 11.6 Å². The van der Waals surface area contributed by atoms with Gasteiger partial charge in [0.1, 0.15) is 5.82 Å². The molecule has 0 spiro atoms. The summed E-state index contributed by atoms with van der Waals surface area (Å²) in [6, 6.07) is 14.4. The summed E-state index contributed by atoms with van der Waals surface area (Å²) in [6.07, 6.45) is 3.38. The van der Waals surface area contributed by atoms with Gasteiger partial charge in [0.2, 0.25) is 5.95 Å². The van der Waals surface area contributed by atoms with Crippen molar-refractivity contribution in [3.8, 4) is 11.3 Å². The predicted molar refractivity (Wildman–Crippen MR) is 94.0 cm³/mol. The quantitative estimate of drug-likeness (QED) is 0.542. The lowest BCUT2D eigenvalue weighted by Crippen LogP contribution is -1.97. The standard InChI is InChI=1S/C18H12ClFN4/c19-11-8-13-14(10-22-17(13)15(20)9-11)16-6-7-21-18(24-16)23-12-4-2-1-3-5-12/h1-10,22H,(H,21,23,24). The number of hydrogen-bond acceptors (Lipinski definition) is 3. The molecule has 2 heterocycles. The number of para-hydroxylation sites is 1. The molecule has 118 valence electrons. The number of rotatable bonds is 3. The zero-order valence-corrected chi connectivity index (χ0v) is 13.2. The van der Waals surface area contributed by atoms with Gasteiger partial charge in [-0.1, -0.05) is 29.8 Å². The molecule has 0 bridgehead atoms. The van der Waals surface area contributed by atoms with Crippen LogP contribution in [0.4, 0.5) is 16.0 Å². The van der Waals surface area contributed by atoms with E-state index in [1.54, 1.807) is 24.5 Å². The van der Waals surface area contributed by atoms with E-state index < -0.39 is 0 Å². The lowest BCUT2D eigenvalue weighted by molar-refractivity contribution is 0.637. The van der Waals surface area contributed by atoms with Crippen molar-refractivity contribution in [1.82, 2.24) is 15.0 Å². The van der Waals surface area contributed by atoms with E-state index in [1.165, 1.54) is 6.07 Å². The van der Waals surface area contributed by atoms with Gasteiger partial charge < -0.3 is 10.3 Å². The molecule has 0 atom stereocenters. The fourth-order valence-corrected chi connectivity index (χ4v) is 2.79. The van der Waals surface area contributed by atoms with Gasteiger partial charge in [0.15, 0.2) is 0 Å². The number of nitrogens with one attached hydrogen (secondary N) is 2. The van der Waals surface area contributed by atoms with Crippen LogP contribution in [-0.2, 0) is 0 Å². The maximum Gasteiger partial charge on any atom is 0.227 e. The Morgan fingerprint density at radius 2 is 1.92 bits per heavy atom. The number of aromatic amines is 1. The molecule has 0 aliphatic carbocycles. The first-order valence-corrected chi connectivity index (χ1v) is 7.70. The van der Waals surface area contributed by atoms with Crippen molar-refractivity contribution in [3.63, 3.8) is 0 Å². The second-order valence-electron chi connectivity index (χ2n) is 5.27. The Morgan fingerprint density at radius 1 is 1.08 bits per heavy atom. The first-order valence-electron chi connectivity index (χ1n) is 7.32. The smallest absolute Gasteiger partial charge is 0.227 e. The van der Waals surface area contributed by atoms with Crippen LogP contribution < -0.4 is 5.32 Å². The molecule has 0 radical (unpaired) electrons. The van der Waals surface area contributed by atoms with Crippen LogP contribution in [0, 0.1) is 5.82 Å². The van der Waals surface area contributed by atoms with E-state index in [9.17, 15) is 4.39 Å². The summed E-state index contributed by atoms with van der Waals surface area (Å²) in [5, 5.41) is 4.17. The van der Waals surface area contributed by atoms with Gasteiger partial charge in [-0.25, -0.2) is 14.4 Å². The van der Waals surface area contributed by atoms with Gasteiger partial charge in [0, 0.05) is 34.1 Å². The topological polar surface area (TPSA) is 53.6 Å². The van der Waals surface area contributed by atoms with Crippen molar-refractivity contribution in [1.29, 1.82) is 0 Å². The molecule has 0 aliphatic rings. The fraction of sp³-hybridized carbons (Fsp3) is 0. The van der Waals surface area contributed by atoms with Gasteiger partial charge in [-0.05, 0) is 30.3 Å². The van der Waals surface area contributed by atoms with Gasteiger partial charge >= 0.3 is 0 Å². The van der Waals surface area contributed by atoms with Crippen LogP contribution in [0.25, 0.3) is 22.2 Å². The van der Waals surface area contributed by atoms with Crippen molar-refractivity contribution < 1.29 is 4.39 Å². The number of halogens is 2. The number of benzene rings is 2. The number of anilines is 2. The highest BCUT2D eigenvalue weighted by atomic mass is 35.5. The minimum absolute atomic E-state index is 0.345. The average Bonchev–Trinajstić information content (AvgIpc) is 3.00. The Hall–Kier alpha value is -2.92. The van der Waals surface area contributed by atoms with E-state index in [-0.39, 0.29) is 5.82 Å². The molecule has 6 heteroatoms. The largest absolute Gasteiger partial charge is 0.358 e. The zero-order valence-electron chi connectivity index (χ0n) is 12.4. The van der Waals surface area contributed by atoms with E-state index >= 15 is 0 Å². The van der Waals surface area contributed by atoms with Crippen molar-refractivity contribution >= 4 is 34.1 Å². The molecule has 0 unspecified atom stereocenters. The SMILES string of the molecule is Fc1cc(Cl)cc2c(-c3ccnc(Nc4ccccc4)n3)c[nH]c12. The van der Waals surface area contributed by atoms with Crippen molar-refractivity contribution in [2.75, 3.05) is 5.32 Å². The van der Waals surface area contributed by atoms with Gasteiger partial charge in [-0.15, -0.1) is 0 Å². The van der Waals surface area contributed by atoms with Crippen LogP contribution in [0.3, 0.4) is 0 Å². The third-order valence-corrected chi connectivity index (χ3v) is 3.89. The maximum absolute atomic E-state index is 14.0. The van der Waals surface area contributed by atoms with Gasteiger partial charge in [0.25, 0.3) is 0 Å². The highest BCUT2D eigenvalue weighted by molar-refractivity contribution is 6.31. The number of nitrogens with zero attached hydrogens (tertiary/aromatic N) is 2. The number of fused-ring (bicyclic) bond motifs is 1.